The largest absolute Gasteiger partial charge is 0.353 e. The Balaban J connectivity index is 2.91. The number of hydrogen-bond donors (Lipinski definition) is 1. The lowest BCUT2D eigenvalue weighted by atomic mass is 10.1. The summed E-state index contributed by atoms with van der Waals surface area (Å²) in [5, 5.41) is 2.58. The van der Waals surface area contributed by atoms with E-state index in [1.807, 2.05) is 0 Å². The molecule has 106 valence electrons. The summed E-state index contributed by atoms with van der Waals surface area (Å²) in [5.74, 6) is -0.467. The molecular formula is C11H23N2O4P. The lowest BCUT2D eigenvalue weighted by molar-refractivity contribution is 0.143. The second-order valence-corrected chi connectivity index (χ2v) is 6.29. The third-order valence-corrected chi connectivity index (χ3v) is 5.43. The molecule has 0 aromatic heterocycles. The van der Waals surface area contributed by atoms with Crippen molar-refractivity contribution in [3.8, 4) is 0 Å². The highest BCUT2D eigenvalue weighted by molar-refractivity contribution is 7.54. The zero-order valence-corrected chi connectivity index (χ0v) is 12.2. The molecule has 0 bridgehead atoms. The van der Waals surface area contributed by atoms with Crippen LogP contribution in [0.3, 0.4) is 0 Å². The molecule has 1 N–H and O–H groups in total. The highest BCUT2D eigenvalue weighted by Gasteiger charge is 2.42. The number of carbonyl (C=O) groups excluding carboxylic acids is 1. The maximum Gasteiger partial charge on any atom is 0.353 e. The number of carbonyl (C=O) groups is 1. The Hall–Kier alpha value is -0.580. The molecule has 2 amide bonds. The van der Waals surface area contributed by atoms with Crippen LogP contribution in [0, 0.1) is 0 Å². The number of nitrogens with zero attached hydrogens (tertiary/aromatic N) is 1. The number of piperidine rings is 1. The van der Waals surface area contributed by atoms with Gasteiger partial charge in [0.15, 0.2) is 0 Å². The van der Waals surface area contributed by atoms with E-state index in [0.29, 0.717) is 26.2 Å². The van der Waals surface area contributed by atoms with Gasteiger partial charge in [-0.25, -0.2) is 4.79 Å². The van der Waals surface area contributed by atoms with Gasteiger partial charge in [-0.15, -0.1) is 0 Å². The molecule has 6 nitrogen and oxygen atoms in total. The lowest BCUT2D eigenvalue weighted by Crippen LogP contribution is -2.48. The molecule has 1 heterocycles. The van der Waals surface area contributed by atoms with Crippen LogP contribution in [-0.4, -0.2) is 43.5 Å². The fraction of sp³-hybridized carbons (Fsp3) is 0.909. The van der Waals surface area contributed by atoms with E-state index in [2.05, 4.69) is 5.32 Å². The van der Waals surface area contributed by atoms with Gasteiger partial charge < -0.3 is 19.3 Å². The van der Waals surface area contributed by atoms with Crippen molar-refractivity contribution in [1.82, 2.24) is 10.2 Å². The first kappa shape index (κ1) is 15.5. The Morgan fingerprint density at radius 1 is 1.33 bits per heavy atom. The van der Waals surface area contributed by atoms with Crippen molar-refractivity contribution in [2.24, 2.45) is 0 Å². The van der Waals surface area contributed by atoms with Crippen LogP contribution in [-0.2, 0) is 13.6 Å². The zero-order valence-electron chi connectivity index (χ0n) is 11.3. The molecule has 0 radical (unpaired) electrons. The normalized spacial score (nSPS) is 20.8. The van der Waals surface area contributed by atoms with Gasteiger partial charge in [-0.2, -0.15) is 0 Å². The van der Waals surface area contributed by atoms with E-state index in [4.69, 9.17) is 9.05 Å². The van der Waals surface area contributed by atoms with E-state index >= 15 is 0 Å². The molecule has 1 rings (SSSR count). The average Bonchev–Trinajstić information content (AvgIpc) is 2.38. The third kappa shape index (κ3) is 3.46. The van der Waals surface area contributed by atoms with Crippen molar-refractivity contribution < 1.29 is 18.4 Å². The number of likely N-dealkylation sites (tertiary alicyclic amines) is 1. The summed E-state index contributed by atoms with van der Waals surface area (Å²) in [6.07, 6.45) is 2.51. The fourth-order valence-electron chi connectivity index (χ4n) is 2.19. The van der Waals surface area contributed by atoms with Crippen molar-refractivity contribution in [2.45, 2.75) is 38.9 Å². The molecule has 1 fully saturated rings. The number of rotatable bonds is 5. The summed E-state index contributed by atoms with van der Waals surface area (Å²) in [6.45, 7) is 4.77. The minimum absolute atomic E-state index is 0.223. The second-order valence-electron chi connectivity index (χ2n) is 4.10. The van der Waals surface area contributed by atoms with Crippen molar-refractivity contribution in [3.05, 3.63) is 0 Å². The fourth-order valence-corrected chi connectivity index (χ4v) is 4.39. The highest BCUT2D eigenvalue weighted by Crippen LogP contribution is 2.56. The molecule has 1 atom stereocenters. The Kier molecular flexibility index (Phi) is 6.12. The summed E-state index contributed by atoms with van der Waals surface area (Å²) < 4.78 is 23.4. The molecule has 0 unspecified atom stereocenters. The molecular weight excluding hydrogens is 255 g/mol. The van der Waals surface area contributed by atoms with Gasteiger partial charge >= 0.3 is 13.6 Å². The van der Waals surface area contributed by atoms with Crippen molar-refractivity contribution in [2.75, 3.05) is 26.8 Å². The van der Waals surface area contributed by atoms with E-state index in [0.717, 1.165) is 12.8 Å². The molecule has 0 aromatic rings. The van der Waals surface area contributed by atoms with Gasteiger partial charge in [0.05, 0.1) is 13.2 Å². The molecule has 1 aliphatic rings. The van der Waals surface area contributed by atoms with Crippen LogP contribution in [0.25, 0.3) is 0 Å². The molecule has 0 spiro atoms. The Bertz CT molecular complexity index is 314. The molecule has 0 saturated carbocycles. The van der Waals surface area contributed by atoms with Crippen LogP contribution in [0.5, 0.6) is 0 Å². The topological polar surface area (TPSA) is 67.9 Å². The number of hydrogen-bond acceptors (Lipinski definition) is 4. The molecule has 7 heteroatoms. The minimum atomic E-state index is -3.25. The van der Waals surface area contributed by atoms with Crippen LogP contribution < -0.4 is 5.32 Å². The average molecular weight is 278 g/mol. The first-order valence-electron chi connectivity index (χ1n) is 6.46. The number of amides is 2. The number of nitrogens with one attached hydrogen (secondary N) is 1. The van der Waals surface area contributed by atoms with Gasteiger partial charge in [0.2, 0.25) is 0 Å². The second kappa shape index (κ2) is 7.12. The van der Waals surface area contributed by atoms with Crippen molar-refractivity contribution in [1.29, 1.82) is 0 Å². The third-order valence-electron chi connectivity index (χ3n) is 2.93. The highest BCUT2D eigenvalue weighted by atomic mass is 31.2. The van der Waals surface area contributed by atoms with Crippen LogP contribution in [0.1, 0.15) is 33.1 Å². The van der Waals surface area contributed by atoms with Gasteiger partial charge in [-0.05, 0) is 33.1 Å². The van der Waals surface area contributed by atoms with E-state index in [1.54, 1.807) is 25.8 Å². The first-order valence-corrected chi connectivity index (χ1v) is 8.07. The van der Waals surface area contributed by atoms with Gasteiger partial charge in [0.25, 0.3) is 0 Å². The summed E-state index contributed by atoms with van der Waals surface area (Å²) in [6, 6.07) is -0.223. The molecule has 1 saturated heterocycles. The van der Waals surface area contributed by atoms with E-state index in [9.17, 15) is 9.36 Å². The molecule has 1 aliphatic heterocycles. The SMILES string of the molecule is CCOP(=O)(OCC)[C@@H]1CCCCN1C(=O)NC. The molecule has 0 aromatic carbocycles. The summed E-state index contributed by atoms with van der Waals surface area (Å²) in [7, 11) is -1.68. The van der Waals surface area contributed by atoms with Gasteiger partial charge in [0.1, 0.15) is 5.78 Å². The predicted molar refractivity (Wildman–Crippen MR) is 69.7 cm³/mol. The van der Waals surface area contributed by atoms with E-state index < -0.39 is 13.4 Å². The van der Waals surface area contributed by atoms with Crippen LogP contribution >= 0.6 is 7.60 Å². The van der Waals surface area contributed by atoms with Crippen LogP contribution in [0.2, 0.25) is 0 Å². The van der Waals surface area contributed by atoms with Gasteiger partial charge in [-0.3, -0.25) is 4.57 Å². The maximum absolute atomic E-state index is 12.7. The summed E-state index contributed by atoms with van der Waals surface area (Å²) in [4.78, 5) is 13.4. The quantitative estimate of drug-likeness (QED) is 0.784. The summed E-state index contributed by atoms with van der Waals surface area (Å²) >= 11 is 0. The first-order chi connectivity index (χ1) is 8.59. The predicted octanol–water partition coefficient (Wildman–Crippen LogP) is 2.40. The van der Waals surface area contributed by atoms with Gasteiger partial charge in [0, 0.05) is 13.6 Å². The summed E-state index contributed by atoms with van der Waals surface area (Å²) in [5.41, 5.74) is 0. The smallest absolute Gasteiger partial charge is 0.341 e. The van der Waals surface area contributed by atoms with Crippen molar-refractivity contribution in [3.63, 3.8) is 0 Å². The van der Waals surface area contributed by atoms with Crippen LogP contribution in [0.15, 0.2) is 0 Å². The van der Waals surface area contributed by atoms with Crippen LogP contribution in [0.4, 0.5) is 4.79 Å². The van der Waals surface area contributed by atoms with Gasteiger partial charge in [-0.1, -0.05) is 0 Å². The maximum atomic E-state index is 12.7. The lowest BCUT2D eigenvalue weighted by Gasteiger charge is -2.38. The van der Waals surface area contributed by atoms with E-state index in [1.165, 1.54) is 0 Å². The Labute approximate surface area is 109 Å². The number of urea groups is 1. The monoisotopic (exact) mass is 278 g/mol. The standard InChI is InChI=1S/C11H23N2O4P/c1-4-16-18(15,17-5-2)10-8-6-7-9-13(10)11(14)12-3/h10H,4-9H2,1-3H3,(H,12,14)/t10-/m1/s1. The zero-order chi connectivity index (χ0) is 13.6. The Morgan fingerprint density at radius 3 is 2.44 bits per heavy atom. The molecule has 0 aliphatic carbocycles. The molecule has 18 heavy (non-hydrogen) atoms. The van der Waals surface area contributed by atoms with E-state index in [-0.39, 0.29) is 6.03 Å². The van der Waals surface area contributed by atoms with Crippen molar-refractivity contribution >= 4 is 13.6 Å². The Morgan fingerprint density at radius 2 is 1.94 bits per heavy atom. The minimum Gasteiger partial charge on any atom is -0.341 e.